The fraction of sp³-hybridized carbons (Fsp3) is 0.480. The van der Waals surface area contributed by atoms with Crippen LogP contribution in [0.25, 0.3) is 10.8 Å². The van der Waals surface area contributed by atoms with Crippen LogP contribution < -0.4 is 15.2 Å². The van der Waals surface area contributed by atoms with Crippen molar-refractivity contribution in [2.75, 3.05) is 7.11 Å². The van der Waals surface area contributed by atoms with E-state index in [1.165, 1.54) is 26.2 Å². The molecule has 2 aromatic carbocycles. The van der Waals surface area contributed by atoms with Crippen LogP contribution in [0.3, 0.4) is 0 Å². The molecule has 1 fully saturated rings. The summed E-state index contributed by atoms with van der Waals surface area (Å²) < 4.78 is 17.1. The van der Waals surface area contributed by atoms with Gasteiger partial charge >= 0.3 is 0 Å². The Bertz CT molecular complexity index is 1170. The molecule has 10 heteroatoms. The van der Waals surface area contributed by atoms with Gasteiger partial charge in [0, 0.05) is 12.1 Å². The molecule has 0 unspecified atom stereocenters. The second-order valence-corrected chi connectivity index (χ2v) is 9.26. The van der Waals surface area contributed by atoms with Crippen LogP contribution in [0.4, 0.5) is 0 Å². The lowest BCUT2D eigenvalue weighted by Gasteiger charge is -2.46. The predicted molar refractivity (Wildman–Crippen MR) is 126 cm³/mol. The van der Waals surface area contributed by atoms with E-state index in [1.54, 1.807) is 25.1 Å². The summed E-state index contributed by atoms with van der Waals surface area (Å²) in [6, 6.07) is 4.53. The van der Waals surface area contributed by atoms with E-state index in [0.717, 1.165) is 0 Å². The van der Waals surface area contributed by atoms with Crippen LogP contribution in [0, 0.1) is 6.92 Å². The van der Waals surface area contributed by atoms with E-state index in [1.807, 2.05) is 0 Å². The summed E-state index contributed by atoms with van der Waals surface area (Å²) in [5, 5.41) is 54.5. The largest absolute Gasteiger partial charge is 0.506 e. The van der Waals surface area contributed by atoms with Crippen LogP contribution >= 0.6 is 0 Å². The highest BCUT2D eigenvalue weighted by molar-refractivity contribution is 6.07. The highest BCUT2D eigenvalue weighted by atomic mass is 16.7. The predicted octanol–water partition coefficient (Wildman–Crippen LogP) is 0.660. The lowest BCUT2D eigenvalue weighted by molar-refractivity contribution is -0.299. The summed E-state index contributed by atoms with van der Waals surface area (Å²) in [5.41, 5.74) is 4.87. The molecule has 10 nitrogen and oxygen atoms in total. The second kappa shape index (κ2) is 9.38. The maximum absolute atomic E-state index is 12.2. The number of benzene rings is 2. The Morgan fingerprint density at radius 3 is 2.49 bits per heavy atom. The van der Waals surface area contributed by atoms with Gasteiger partial charge in [-0.25, -0.2) is 0 Å². The lowest BCUT2D eigenvalue weighted by Crippen LogP contribution is -2.65. The molecule has 0 aromatic heterocycles. The molecule has 0 bridgehead atoms. The number of aliphatic hydroxyl groups is 4. The first-order valence-corrected chi connectivity index (χ1v) is 11.4. The standard InChI is InChI=1S/C25H31NO9/c1-11-8-13-9-15(33-3)10-16(18(13)19(28)17(11)12(2)27)34-24-22(31)20(29)21(30)23(35-24)25(32)6-4-14(26)5-7-25/h4,6,8-10,14,20-24,28-32H,5,7,26H2,1-3H3/t14-,20-,21-,22+,23-,24-,25+/m0/s1. The molecule has 0 spiro atoms. The first kappa shape index (κ1) is 25.4. The number of ketones is 1. The summed E-state index contributed by atoms with van der Waals surface area (Å²) >= 11 is 0. The van der Waals surface area contributed by atoms with Crippen LogP contribution in [-0.2, 0) is 4.74 Å². The van der Waals surface area contributed by atoms with E-state index < -0.39 is 36.3 Å². The Kier molecular flexibility index (Phi) is 6.80. The van der Waals surface area contributed by atoms with Gasteiger partial charge in [-0.05, 0) is 43.7 Å². The van der Waals surface area contributed by atoms with Crippen LogP contribution in [0.1, 0.15) is 35.7 Å². The minimum Gasteiger partial charge on any atom is -0.506 e. The van der Waals surface area contributed by atoms with Gasteiger partial charge in [0.05, 0.1) is 18.1 Å². The minimum absolute atomic E-state index is 0.0129. The van der Waals surface area contributed by atoms with E-state index in [2.05, 4.69) is 0 Å². The molecule has 2 aliphatic rings. The first-order chi connectivity index (χ1) is 16.5. The van der Waals surface area contributed by atoms with Crippen LogP contribution in [-0.4, -0.2) is 80.8 Å². The Morgan fingerprint density at radius 1 is 1.17 bits per heavy atom. The molecular weight excluding hydrogens is 458 g/mol. The van der Waals surface area contributed by atoms with Crippen molar-refractivity contribution in [3.63, 3.8) is 0 Å². The molecule has 4 rings (SSSR count). The number of hydrogen-bond donors (Lipinski definition) is 6. The van der Waals surface area contributed by atoms with Gasteiger partial charge in [0.15, 0.2) is 5.78 Å². The monoisotopic (exact) mass is 489 g/mol. The number of aromatic hydroxyl groups is 1. The Labute approximate surface area is 202 Å². The van der Waals surface area contributed by atoms with Crippen molar-refractivity contribution >= 4 is 16.6 Å². The summed E-state index contributed by atoms with van der Waals surface area (Å²) in [5.74, 6) is -0.276. The molecule has 0 saturated carbocycles. The Balaban J connectivity index is 1.77. The summed E-state index contributed by atoms with van der Waals surface area (Å²) in [6.07, 6.45) is -4.29. The molecular formula is C25H31NO9. The number of phenolic OH excluding ortho intramolecular Hbond substituents is 1. The van der Waals surface area contributed by atoms with Gasteiger partial charge in [-0.1, -0.05) is 18.2 Å². The number of carbonyl (C=O) groups is 1. The normalized spacial score (nSPS) is 33.0. The van der Waals surface area contributed by atoms with Crippen molar-refractivity contribution in [3.05, 3.63) is 41.5 Å². The number of phenols is 1. The zero-order valence-corrected chi connectivity index (χ0v) is 19.7. The maximum atomic E-state index is 12.2. The van der Waals surface area contributed by atoms with Gasteiger partial charge in [0.2, 0.25) is 6.29 Å². The number of ether oxygens (including phenoxy) is 3. The average Bonchev–Trinajstić information content (AvgIpc) is 2.80. The topological polar surface area (TPSA) is 172 Å². The summed E-state index contributed by atoms with van der Waals surface area (Å²) in [6.45, 7) is 3.02. The number of aliphatic hydroxyl groups excluding tert-OH is 3. The van der Waals surface area contributed by atoms with Gasteiger partial charge in [0.1, 0.15) is 47.3 Å². The summed E-state index contributed by atoms with van der Waals surface area (Å²) in [4.78, 5) is 12.2. The molecule has 35 heavy (non-hydrogen) atoms. The third-order valence-corrected chi connectivity index (χ3v) is 6.75. The number of carbonyl (C=O) groups excluding carboxylic acids is 1. The molecule has 190 valence electrons. The fourth-order valence-corrected chi connectivity index (χ4v) is 4.84. The highest BCUT2D eigenvalue weighted by Gasteiger charge is 2.53. The van der Waals surface area contributed by atoms with E-state index in [4.69, 9.17) is 19.9 Å². The smallest absolute Gasteiger partial charge is 0.229 e. The molecule has 1 saturated heterocycles. The SMILES string of the molecule is COc1cc(O[C@H]2O[C@H]([C@@]3(O)C=C[C@H](N)CC3)[C@@H](O)[C@H](O)[C@H]2O)c2c(O)c(C(C)=O)c(C)cc2c1. The van der Waals surface area contributed by atoms with Gasteiger partial charge in [-0.2, -0.15) is 0 Å². The van der Waals surface area contributed by atoms with Gasteiger partial charge < -0.3 is 45.5 Å². The molecule has 1 heterocycles. The van der Waals surface area contributed by atoms with Crippen LogP contribution in [0.2, 0.25) is 0 Å². The van der Waals surface area contributed by atoms with Crippen molar-refractivity contribution in [1.82, 2.24) is 0 Å². The number of rotatable bonds is 5. The Hall–Kier alpha value is -2.73. The molecule has 7 N–H and O–H groups in total. The van der Waals surface area contributed by atoms with E-state index >= 15 is 0 Å². The summed E-state index contributed by atoms with van der Waals surface area (Å²) in [7, 11) is 1.44. The van der Waals surface area contributed by atoms with Crippen LogP contribution in [0.5, 0.6) is 17.2 Å². The number of methoxy groups -OCH3 is 1. The van der Waals surface area contributed by atoms with Gasteiger partial charge in [0.25, 0.3) is 0 Å². The molecule has 0 amide bonds. The van der Waals surface area contributed by atoms with Crippen molar-refractivity contribution in [2.45, 2.75) is 69.0 Å². The van der Waals surface area contributed by atoms with E-state index in [0.29, 0.717) is 23.1 Å². The third-order valence-electron chi connectivity index (χ3n) is 6.75. The number of nitrogens with two attached hydrogens (primary N) is 1. The number of hydrogen-bond acceptors (Lipinski definition) is 10. The minimum atomic E-state index is -1.70. The van der Waals surface area contributed by atoms with Crippen molar-refractivity contribution in [2.24, 2.45) is 5.73 Å². The number of fused-ring (bicyclic) bond motifs is 1. The van der Waals surface area contributed by atoms with Crippen molar-refractivity contribution in [3.8, 4) is 17.2 Å². The average molecular weight is 490 g/mol. The highest BCUT2D eigenvalue weighted by Crippen LogP contribution is 2.42. The quantitative estimate of drug-likeness (QED) is 0.259. The second-order valence-electron chi connectivity index (χ2n) is 9.26. The fourth-order valence-electron chi connectivity index (χ4n) is 4.84. The van der Waals surface area contributed by atoms with Gasteiger partial charge in [-0.3, -0.25) is 4.79 Å². The number of aryl methyl sites for hydroxylation is 1. The number of Topliss-reactive ketones (excluding diaryl/α,β-unsaturated/α-hetero) is 1. The van der Waals surface area contributed by atoms with Crippen LogP contribution in [0.15, 0.2) is 30.4 Å². The molecule has 2 aromatic rings. The first-order valence-electron chi connectivity index (χ1n) is 11.4. The van der Waals surface area contributed by atoms with E-state index in [9.17, 15) is 30.3 Å². The molecule has 1 aliphatic heterocycles. The molecule has 7 atom stereocenters. The van der Waals surface area contributed by atoms with Crippen molar-refractivity contribution < 1.29 is 44.5 Å². The Morgan fingerprint density at radius 2 is 1.89 bits per heavy atom. The molecule has 0 radical (unpaired) electrons. The zero-order valence-electron chi connectivity index (χ0n) is 19.7. The maximum Gasteiger partial charge on any atom is 0.229 e. The molecule has 1 aliphatic carbocycles. The van der Waals surface area contributed by atoms with Crippen molar-refractivity contribution in [1.29, 1.82) is 0 Å². The van der Waals surface area contributed by atoms with E-state index in [-0.39, 0.29) is 40.7 Å². The van der Waals surface area contributed by atoms with Gasteiger partial charge in [-0.15, -0.1) is 0 Å². The zero-order chi connectivity index (χ0) is 25.7. The lowest BCUT2D eigenvalue weighted by atomic mass is 9.79. The third kappa shape index (κ3) is 4.49.